The first-order valence-corrected chi connectivity index (χ1v) is 14.7. The molecule has 10 nitrogen and oxygen atoms in total. The SMILES string of the molecule is CCOC(=O)CNC(=O)NCc1ccc(C2OC(CN(C)CCc3ccccn3)C(C)C(c3ccc(CO)cc3)O2)cc1. The van der Waals surface area contributed by atoms with Gasteiger partial charge in [-0.2, -0.15) is 0 Å². The Morgan fingerprint density at radius 1 is 0.977 bits per heavy atom. The summed E-state index contributed by atoms with van der Waals surface area (Å²) in [4.78, 5) is 30.2. The number of nitrogens with one attached hydrogen (secondary N) is 2. The number of pyridine rings is 1. The molecule has 1 aliphatic heterocycles. The number of rotatable bonds is 13. The zero-order valence-electron chi connectivity index (χ0n) is 25.1. The highest BCUT2D eigenvalue weighted by atomic mass is 16.7. The fourth-order valence-corrected chi connectivity index (χ4v) is 4.98. The monoisotopic (exact) mass is 590 g/mol. The fraction of sp³-hybridized carbons (Fsp3) is 0.424. The Labute approximate surface area is 253 Å². The van der Waals surface area contributed by atoms with Crippen LogP contribution in [0.3, 0.4) is 0 Å². The quantitative estimate of drug-likeness (QED) is 0.256. The van der Waals surface area contributed by atoms with Crippen LogP contribution in [0.25, 0.3) is 0 Å². The molecule has 2 heterocycles. The highest BCUT2D eigenvalue weighted by Crippen LogP contribution is 2.41. The molecule has 1 aromatic heterocycles. The molecule has 4 atom stereocenters. The number of hydrogen-bond acceptors (Lipinski definition) is 8. The lowest BCUT2D eigenvalue weighted by atomic mass is 9.90. The van der Waals surface area contributed by atoms with Crippen molar-refractivity contribution in [3.8, 4) is 0 Å². The van der Waals surface area contributed by atoms with Crippen LogP contribution in [0.15, 0.2) is 72.9 Å². The molecule has 0 aliphatic carbocycles. The van der Waals surface area contributed by atoms with Gasteiger partial charge in [0.05, 0.1) is 25.4 Å². The summed E-state index contributed by atoms with van der Waals surface area (Å²) in [6.07, 6.45) is 1.78. The summed E-state index contributed by atoms with van der Waals surface area (Å²) < 4.78 is 18.0. The summed E-state index contributed by atoms with van der Waals surface area (Å²) in [5, 5.41) is 14.7. The number of aliphatic hydroxyl groups is 1. The van der Waals surface area contributed by atoms with Gasteiger partial charge in [0.25, 0.3) is 0 Å². The Bertz CT molecular complexity index is 1290. The molecule has 10 heteroatoms. The first kappa shape index (κ1) is 32.1. The zero-order valence-corrected chi connectivity index (χ0v) is 25.1. The van der Waals surface area contributed by atoms with Crippen molar-refractivity contribution in [1.82, 2.24) is 20.5 Å². The maximum atomic E-state index is 12.0. The smallest absolute Gasteiger partial charge is 0.325 e. The van der Waals surface area contributed by atoms with Crippen LogP contribution >= 0.6 is 0 Å². The lowest BCUT2D eigenvalue weighted by molar-refractivity contribution is -0.275. The van der Waals surface area contributed by atoms with Crippen molar-refractivity contribution in [3.63, 3.8) is 0 Å². The maximum absolute atomic E-state index is 12.0. The Morgan fingerprint density at radius 2 is 1.70 bits per heavy atom. The van der Waals surface area contributed by atoms with Crippen LogP contribution in [0, 0.1) is 5.92 Å². The van der Waals surface area contributed by atoms with Crippen LogP contribution in [0.5, 0.6) is 0 Å². The summed E-state index contributed by atoms with van der Waals surface area (Å²) in [6, 6.07) is 21.1. The van der Waals surface area contributed by atoms with Crippen LogP contribution in [0.1, 0.15) is 54.2 Å². The predicted molar refractivity (Wildman–Crippen MR) is 162 cm³/mol. The van der Waals surface area contributed by atoms with Gasteiger partial charge < -0.3 is 34.9 Å². The number of esters is 1. The van der Waals surface area contributed by atoms with Gasteiger partial charge in [0.1, 0.15) is 6.54 Å². The largest absolute Gasteiger partial charge is 0.465 e. The third kappa shape index (κ3) is 9.59. The molecule has 0 saturated carbocycles. The fourth-order valence-electron chi connectivity index (χ4n) is 4.98. The Kier molecular flexibility index (Phi) is 12.0. The molecule has 1 aliphatic rings. The molecule has 0 bridgehead atoms. The average molecular weight is 591 g/mol. The molecular formula is C33H42N4O6. The van der Waals surface area contributed by atoms with Crippen molar-refractivity contribution in [2.75, 3.05) is 33.3 Å². The van der Waals surface area contributed by atoms with E-state index in [0.717, 1.165) is 47.5 Å². The highest BCUT2D eigenvalue weighted by molar-refractivity contribution is 5.80. The van der Waals surface area contributed by atoms with Gasteiger partial charge in [-0.25, -0.2) is 4.79 Å². The second-order valence-corrected chi connectivity index (χ2v) is 10.7. The van der Waals surface area contributed by atoms with E-state index in [1.807, 2.05) is 72.9 Å². The van der Waals surface area contributed by atoms with Gasteiger partial charge >= 0.3 is 12.0 Å². The Hall–Kier alpha value is -3.83. The molecule has 2 amide bonds. The standard InChI is InChI=1S/C33H42N4O6/c1-4-41-30(39)20-36-33(40)35-19-24-8-14-27(15-9-24)32-42-29(21-37(3)18-16-28-7-5-6-17-34-28)23(2)31(43-32)26-12-10-25(22-38)11-13-26/h5-15,17,23,29,31-32,38H,4,16,18-22H2,1-3H3,(H2,35,36,40). The van der Waals surface area contributed by atoms with E-state index in [-0.39, 0.29) is 37.9 Å². The number of aliphatic hydroxyl groups excluding tert-OH is 1. The molecule has 230 valence electrons. The van der Waals surface area contributed by atoms with E-state index in [9.17, 15) is 14.7 Å². The number of benzene rings is 2. The first-order chi connectivity index (χ1) is 20.9. The van der Waals surface area contributed by atoms with Crippen LogP contribution < -0.4 is 10.6 Å². The molecule has 0 spiro atoms. The lowest BCUT2D eigenvalue weighted by Crippen LogP contribution is -2.44. The van der Waals surface area contributed by atoms with Crippen molar-refractivity contribution < 1.29 is 28.9 Å². The topological polar surface area (TPSA) is 122 Å². The number of urea groups is 1. The van der Waals surface area contributed by atoms with Crippen molar-refractivity contribution in [2.24, 2.45) is 5.92 Å². The molecular weight excluding hydrogens is 548 g/mol. The van der Waals surface area contributed by atoms with Crippen molar-refractivity contribution in [3.05, 3.63) is 101 Å². The summed E-state index contributed by atoms with van der Waals surface area (Å²) in [5.74, 6) is -0.408. The third-order valence-electron chi connectivity index (χ3n) is 7.49. The molecule has 1 fully saturated rings. The number of aromatic nitrogens is 1. The van der Waals surface area contributed by atoms with E-state index in [1.54, 1.807) is 6.92 Å². The summed E-state index contributed by atoms with van der Waals surface area (Å²) in [5.41, 5.74) is 4.71. The number of hydrogen-bond donors (Lipinski definition) is 3. The zero-order chi connectivity index (χ0) is 30.6. The van der Waals surface area contributed by atoms with E-state index in [2.05, 4.69) is 34.5 Å². The number of ether oxygens (including phenoxy) is 3. The Balaban J connectivity index is 1.41. The van der Waals surface area contributed by atoms with E-state index < -0.39 is 18.3 Å². The average Bonchev–Trinajstić information content (AvgIpc) is 3.03. The molecule has 3 N–H and O–H groups in total. The number of carbonyl (C=O) groups excluding carboxylic acids is 2. The second-order valence-electron chi connectivity index (χ2n) is 10.7. The number of carbonyl (C=O) groups is 2. The van der Waals surface area contributed by atoms with E-state index in [4.69, 9.17) is 14.2 Å². The lowest BCUT2D eigenvalue weighted by Gasteiger charge is -2.42. The van der Waals surface area contributed by atoms with Gasteiger partial charge in [-0.15, -0.1) is 0 Å². The molecule has 1 saturated heterocycles. The molecule has 0 radical (unpaired) electrons. The van der Waals surface area contributed by atoms with Crippen molar-refractivity contribution >= 4 is 12.0 Å². The molecule has 3 aromatic rings. The van der Waals surface area contributed by atoms with Gasteiger partial charge in [0.2, 0.25) is 0 Å². The van der Waals surface area contributed by atoms with Gasteiger partial charge in [0.15, 0.2) is 6.29 Å². The van der Waals surface area contributed by atoms with Crippen LogP contribution in [0.4, 0.5) is 4.79 Å². The van der Waals surface area contributed by atoms with Gasteiger partial charge in [-0.3, -0.25) is 9.78 Å². The van der Waals surface area contributed by atoms with Crippen LogP contribution in [-0.4, -0.2) is 66.4 Å². The number of likely N-dealkylation sites (N-methyl/N-ethyl adjacent to an activating group) is 1. The molecule has 2 aromatic carbocycles. The minimum atomic E-state index is -0.581. The van der Waals surface area contributed by atoms with Gasteiger partial charge in [-0.05, 0) is 42.8 Å². The minimum absolute atomic E-state index is 0.00888. The summed E-state index contributed by atoms with van der Waals surface area (Å²) in [7, 11) is 2.10. The summed E-state index contributed by atoms with van der Waals surface area (Å²) in [6.45, 7) is 5.80. The maximum Gasteiger partial charge on any atom is 0.325 e. The highest BCUT2D eigenvalue weighted by Gasteiger charge is 2.38. The number of nitrogens with zero attached hydrogens (tertiary/aromatic N) is 2. The van der Waals surface area contributed by atoms with E-state index in [0.29, 0.717) is 6.54 Å². The van der Waals surface area contributed by atoms with Gasteiger partial charge in [0, 0.05) is 49.4 Å². The van der Waals surface area contributed by atoms with Crippen molar-refractivity contribution in [2.45, 2.75) is 51.9 Å². The summed E-state index contributed by atoms with van der Waals surface area (Å²) >= 11 is 0. The third-order valence-corrected chi connectivity index (χ3v) is 7.49. The molecule has 4 unspecified atom stereocenters. The van der Waals surface area contributed by atoms with Crippen LogP contribution in [-0.2, 0) is 38.6 Å². The van der Waals surface area contributed by atoms with Crippen molar-refractivity contribution in [1.29, 1.82) is 0 Å². The molecule has 4 rings (SSSR count). The van der Waals surface area contributed by atoms with E-state index >= 15 is 0 Å². The normalized spacial score (nSPS) is 20.0. The second kappa shape index (κ2) is 16.1. The van der Waals surface area contributed by atoms with Crippen LogP contribution in [0.2, 0.25) is 0 Å². The Morgan fingerprint density at radius 3 is 2.37 bits per heavy atom. The van der Waals surface area contributed by atoms with Gasteiger partial charge in [-0.1, -0.05) is 61.5 Å². The predicted octanol–water partition coefficient (Wildman–Crippen LogP) is 3.90. The minimum Gasteiger partial charge on any atom is -0.465 e. The first-order valence-electron chi connectivity index (χ1n) is 14.7. The van der Waals surface area contributed by atoms with E-state index in [1.165, 1.54) is 0 Å². The number of amides is 2. The molecule has 43 heavy (non-hydrogen) atoms.